The number of hydrogen-bond donors (Lipinski definition) is 1. The van der Waals surface area contributed by atoms with Gasteiger partial charge in [-0.2, -0.15) is 4.98 Å². The first kappa shape index (κ1) is 20.3. The Hall–Kier alpha value is -2.99. The first-order chi connectivity index (χ1) is 14.5. The van der Waals surface area contributed by atoms with Crippen molar-refractivity contribution in [3.8, 4) is 11.4 Å². The second-order valence-electron chi connectivity index (χ2n) is 8.22. The molecule has 1 aliphatic rings. The maximum absolute atomic E-state index is 12.6. The molecule has 1 fully saturated rings. The molecular formula is C24H28N4O2. The number of nitrogens with one attached hydrogen (secondary N) is 1. The fourth-order valence-corrected chi connectivity index (χ4v) is 3.83. The highest BCUT2D eigenvalue weighted by atomic mass is 16.5. The van der Waals surface area contributed by atoms with Crippen LogP contribution in [0.25, 0.3) is 11.4 Å². The van der Waals surface area contributed by atoms with Gasteiger partial charge >= 0.3 is 0 Å². The summed E-state index contributed by atoms with van der Waals surface area (Å²) in [6.07, 6.45) is 1.66. The van der Waals surface area contributed by atoms with Gasteiger partial charge in [0.25, 0.3) is 0 Å². The van der Waals surface area contributed by atoms with E-state index in [0.717, 1.165) is 37.2 Å². The van der Waals surface area contributed by atoms with Crippen LogP contribution in [-0.4, -0.2) is 34.0 Å². The van der Waals surface area contributed by atoms with Gasteiger partial charge in [-0.25, -0.2) is 0 Å². The van der Waals surface area contributed by atoms with Crippen molar-refractivity contribution < 1.29 is 9.32 Å². The van der Waals surface area contributed by atoms with Crippen molar-refractivity contribution in [2.45, 2.75) is 40.2 Å². The quantitative estimate of drug-likeness (QED) is 0.677. The third-order valence-electron chi connectivity index (χ3n) is 5.84. The summed E-state index contributed by atoms with van der Waals surface area (Å²) >= 11 is 0. The normalized spacial score (nSPS) is 15.3. The number of carbonyl (C=O) groups is 1. The Balaban J connectivity index is 1.29. The lowest BCUT2D eigenvalue weighted by Crippen LogP contribution is -2.37. The molecule has 0 atom stereocenters. The predicted molar refractivity (Wildman–Crippen MR) is 117 cm³/mol. The second-order valence-corrected chi connectivity index (χ2v) is 8.22. The van der Waals surface area contributed by atoms with Crippen molar-refractivity contribution in [2.24, 2.45) is 5.92 Å². The molecule has 1 saturated heterocycles. The molecule has 156 valence electrons. The Labute approximate surface area is 177 Å². The number of anilines is 1. The van der Waals surface area contributed by atoms with E-state index >= 15 is 0 Å². The van der Waals surface area contributed by atoms with E-state index in [1.807, 2.05) is 49.4 Å². The van der Waals surface area contributed by atoms with Crippen molar-refractivity contribution in [3.05, 3.63) is 65.0 Å². The summed E-state index contributed by atoms with van der Waals surface area (Å²) in [4.78, 5) is 19.5. The molecule has 1 aliphatic heterocycles. The van der Waals surface area contributed by atoms with Crippen LogP contribution in [0, 0.1) is 26.7 Å². The highest BCUT2D eigenvalue weighted by Crippen LogP contribution is 2.23. The fraction of sp³-hybridized carbons (Fsp3) is 0.375. The SMILES string of the molecule is Cc1cccc(-c2noc(CN3CCC(C(=O)Nc4ccc(C)c(C)c4)CC3)n2)c1. The van der Waals surface area contributed by atoms with Crippen LogP contribution in [0.5, 0.6) is 0 Å². The highest BCUT2D eigenvalue weighted by molar-refractivity contribution is 5.92. The van der Waals surface area contributed by atoms with E-state index in [0.29, 0.717) is 18.3 Å². The molecule has 4 rings (SSSR count). The first-order valence-corrected chi connectivity index (χ1v) is 10.5. The molecule has 1 aromatic heterocycles. The summed E-state index contributed by atoms with van der Waals surface area (Å²) in [6, 6.07) is 14.1. The molecule has 1 amide bonds. The van der Waals surface area contributed by atoms with E-state index in [4.69, 9.17) is 4.52 Å². The summed E-state index contributed by atoms with van der Waals surface area (Å²) in [5, 5.41) is 7.19. The fourth-order valence-electron chi connectivity index (χ4n) is 3.83. The summed E-state index contributed by atoms with van der Waals surface area (Å²) in [5.41, 5.74) is 5.42. The van der Waals surface area contributed by atoms with Crippen molar-refractivity contribution in [1.29, 1.82) is 0 Å². The molecule has 0 aliphatic carbocycles. The van der Waals surface area contributed by atoms with Gasteiger partial charge in [0.05, 0.1) is 6.54 Å². The highest BCUT2D eigenvalue weighted by Gasteiger charge is 2.26. The summed E-state index contributed by atoms with van der Waals surface area (Å²) in [7, 11) is 0. The van der Waals surface area contributed by atoms with Gasteiger partial charge in [0, 0.05) is 17.2 Å². The number of aryl methyl sites for hydroxylation is 3. The third-order valence-corrected chi connectivity index (χ3v) is 5.84. The van der Waals surface area contributed by atoms with E-state index in [1.165, 1.54) is 16.7 Å². The minimum absolute atomic E-state index is 0.0356. The molecule has 0 unspecified atom stereocenters. The van der Waals surface area contributed by atoms with E-state index in [9.17, 15) is 4.79 Å². The van der Waals surface area contributed by atoms with Gasteiger partial charge in [-0.3, -0.25) is 9.69 Å². The Kier molecular flexibility index (Phi) is 5.95. The number of rotatable bonds is 5. The smallest absolute Gasteiger partial charge is 0.241 e. The molecular weight excluding hydrogens is 376 g/mol. The minimum atomic E-state index is 0.0356. The largest absolute Gasteiger partial charge is 0.338 e. The Morgan fingerprint density at radius 3 is 2.63 bits per heavy atom. The number of nitrogens with zero attached hydrogens (tertiary/aromatic N) is 3. The first-order valence-electron chi connectivity index (χ1n) is 10.5. The zero-order chi connectivity index (χ0) is 21.1. The van der Waals surface area contributed by atoms with Gasteiger partial charge in [-0.15, -0.1) is 0 Å². The van der Waals surface area contributed by atoms with Crippen molar-refractivity contribution in [1.82, 2.24) is 15.0 Å². The standard InChI is InChI=1S/C24H28N4O2/c1-16-5-4-6-20(13-16)23-26-22(30-27-23)15-28-11-9-19(10-12-28)24(29)25-21-8-7-17(2)18(3)14-21/h4-8,13-14,19H,9-12,15H2,1-3H3,(H,25,29). The van der Waals surface area contributed by atoms with E-state index in [-0.39, 0.29) is 11.8 Å². The topological polar surface area (TPSA) is 71.3 Å². The molecule has 0 saturated carbocycles. The zero-order valence-electron chi connectivity index (χ0n) is 17.8. The maximum atomic E-state index is 12.6. The summed E-state index contributed by atoms with van der Waals surface area (Å²) in [5.74, 6) is 1.38. The lowest BCUT2D eigenvalue weighted by Gasteiger charge is -2.30. The van der Waals surface area contributed by atoms with Crippen LogP contribution in [0.3, 0.4) is 0 Å². The lowest BCUT2D eigenvalue weighted by atomic mass is 9.95. The van der Waals surface area contributed by atoms with Gasteiger partial charge in [-0.05, 0) is 76.0 Å². The van der Waals surface area contributed by atoms with E-state index < -0.39 is 0 Å². The molecule has 3 aromatic rings. The van der Waals surface area contributed by atoms with Crippen LogP contribution >= 0.6 is 0 Å². The number of hydrogen-bond acceptors (Lipinski definition) is 5. The number of aromatic nitrogens is 2. The molecule has 0 radical (unpaired) electrons. The average Bonchev–Trinajstić information content (AvgIpc) is 3.20. The number of carbonyl (C=O) groups excluding carboxylic acids is 1. The van der Waals surface area contributed by atoms with E-state index in [2.05, 4.69) is 34.2 Å². The van der Waals surface area contributed by atoms with Gasteiger partial charge in [0.2, 0.25) is 17.6 Å². The summed E-state index contributed by atoms with van der Waals surface area (Å²) in [6.45, 7) is 8.48. The average molecular weight is 405 g/mol. The Morgan fingerprint density at radius 2 is 1.90 bits per heavy atom. The Morgan fingerprint density at radius 1 is 1.10 bits per heavy atom. The molecule has 1 N–H and O–H groups in total. The monoisotopic (exact) mass is 404 g/mol. The number of benzene rings is 2. The predicted octanol–water partition coefficient (Wildman–Crippen LogP) is 4.51. The van der Waals surface area contributed by atoms with Crippen LogP contribution in [0.15, 0.2) is 47.0 Å². The van der Waals surface area contributed by atoms with Crippen LogP contribution < -0.4 is 5.32 Å². The molecule has 6 heteroatoms. The number of amides is 1. The maximum Gasteiger partial charge on any atom is 0.241 e. The zero-order valence-corrected chi connectivity index (χ0v) is 17.8. The van der Waals surface area contributed by atoms with E-state index in [1.54, 1.807) is 0 Å². The van der Waals surface area contributed by atoms with Gasteiger partial charge in [0.15, 0.2) is 0 Å². The van der Waals surface area contributed by atoms with Crippen LogP contribution in [0.1, 0.15) is 35.4 Å². The van der Waals surface area contributed by atoms with Crippen LogP contribution in [0.4, 0.5) is 5.69 Å². The molecule has 0 bridgehead atoms. The molecule has 2 heterocycles. The van der Waals surface area contributed by atoms with Gasteiger partial charge in [-0.1, -0.05) is 35.0 Å². The van der Waals surface area contributed by atoms with Gasteiger partial charge < -0.3 is 9.84 Å². The Bertz CT molecular complexity index is 1040. The molecule has 6 nitrogen and oxygen atoms in total. The minimum Gasteiger partial charge on any atom is -0.338 e. The van der Waals surface area contributed by atoms with Crippen molar-refractivity contribution in [3.63, 3.8) is 0 Å². The number of likely N-dealkylation sites (tertiary alicyclic amines) is 1. The van der Waals surface area contributed by atoms with Crippen molar-refractivity contribution in [2.75, 3.05) is 18.4 Å². The molecule has 0 spiro atoms. The lowest BCUT2D eigenvalue weighted by molar-refractivity contribution is -0.121. The summed E-state index contributed by atoms with van der Waals surface area (Å²) < 4.78 is 5.45. The molecule has 30 heavy (non-hydrogen) atoms. The number of piperidine rings is 1. The van der Waals surface area contributed by atoms with Crippen LogP contribution in [-0.2, 0) is 11.3 Å². The third kappa shape index (κ3) is 4.76. The second kappa shape index (κ2) is 8.79. The van der Waals surface area contributed by atoms with Gasteiger partial charge in [0.1, 0.15) is 0 Å². The molecule has 2 aromatic carbocycles. The van der Waals surface area contributed by atoms with Crippen LogP contribution in [0.2, 0.25) is 0 Å². The van der Waals surface area contributed by atoms with Crippen molar-refractivity contribution >= 4 is 11.6 Å².